The Labute approximate surface area is 95.4 Å². The SMILES string of the molecule is c1nc(C2CCCCN2)oc1C1CCCO1. The van der Waals surface area contributed by atoms with E-state index in [2.05, 4.69) is 10.3 Å². The molecular formula is C12H18N2O2. The second-order valence-corrected chi connectivity index (χ2v) is 4.61. The van der Waals surface area contributed by atoms with Crippen LogP contribution in [0.15, 0.2) is 10.6 Å². The molecule has 2 aliphatic rings. The summed E-state index contributed by atoms with van der Waals surface area (Å²) < 4.78 is 11.4. The Hall–Kier alpha value is -0.870. The molecule has 0 aromatic carbocycles. The lowest BCUT2D eigenvalue weighted by atomic mass is 10.1. The van der Waals surface area contributed by atoms with Gasteiger partial charge in [-0.05, 0) is 32.2 Å². The third-order valence-corrected chi connectivity index (χ3v) is 3.40. The van der Waals surface area contributed by atoms with Crippen LogP contribution in [0.3, 0.4) is 0 Å². The van der Waals surface area contributed by atoms with Gasteiger partial charge < -0.3 is 14.5 Å². The molecule has 1 aromatic rings. The monoisotopic (exact) mass is 222 g/mol. The van der Waals surface area contributed by atoms with Crippen LogP contribution in [0.1, 0.15) is 55.9 Å². The molecule has 3 rings (SSSR count). The zero-order valence-corrected chi connectivity index (χ0v) is 9.45. The van der Waals surface area contributed by atoms with E-state index in [1.807, 2.05) is 6.20 Å². The van der Waals surface area contributed by atoms with E-state index in [-0.39, 0.29) is 6.10 Å². The molecule has 0 bridgehead atoms. The number of nitrogens with zero attached hydrogens (tertiary/aromatic N) is 1. The van der Waals surface area contributed by atoms with Gasteiger partial charge in [0.15, 0.2) is 5.76 Å². The van der Waals surface area contributed by atoms with Crippen LogP contribution in [0.25, 0.3) is 0 Å². The van der Waals surface area contributed by atoms with Crippen molar-refractivity contribution in [2.24, 2.45) is 0 Å². The van der Waals surface area contributed by atoms with E-state index >= 15 is 0 Å². The summed E-state index contributed by atoms with van der Waals surface area (Å²) >= 11 is 0. The van der Waals surface area contributed by atoms with Crippen molar-refractivity contribution in [1.29, 1.82) is 0 Å². The standard InChI is InChI=1S/C12H18N2O2/c1-2-6-13-9(4-1)12-14-8-11(16-12)10-5-3-7-15-10/h8-10,13H,1-7H2. The van der Waals surface area contributed by atoms with Gasteiger partial charge in [0.2, 0.25) is 5.89 Å². The molecule has 4 heteroatoms. The molecule has 0 aliphatic carbocycles. The van der Waals surface area contributed by atoms with Gasteiger partial charge in [-0.3, -0.25) is 0 Å². The van der Waals surface area contributed by atoms with Crippen LogP contribution < -0.4 is 5.32 Å². The van der Waals surface area contributed by atoms with Crippen molar-refractivity contribution in [3.63, 3.8) is 0 Å². The van der Waals surface area contributed by atoms with Gasteiger partial charge in [-0.2, -0.15) is 0 Å². The van der Waals surface area contributed by atoms with E-state index in [9.17, 15) is 0 Å². The van der Waals surface area contributed by atoms with Crippen molar-refractivity contribution >= 4 is 0 Å². The first-order valence-electron chi connectivity index (χ1n) is 6.24. The highest BCUT2D eigenvalue weighted by atomic mass is 16.5. The summed E-state index contributed by atoms with van der Waals surface area (Å²) in [4.78, 5) is 4.38. The highest BCUT2D eigenvalue weighted by Gasteiger charge is 2.25. The quantitative estimate of drug-likeness (QED) is 0.834. The van der Waals surface area contributed by atoms with Crippen molar-refractivity contribution in [2.45, 2.75) is 44.2 Å². The number of oxazole rings is 1. The second kappa shape index (κ2) is 4.55. The zero-order chi connectivity index (χ0) is 10.8. The van der Waals surface area contributed by atoms with E-state index in [0.717, 1.165) is 44.1 Å². The Morgan fingerprint density at radius 3 is 3.00 bits per heavy atom. The molecule has 0 saturated carbocycles. The van der Waals surface area contributed by atoms with E-state index < -0.39 is 0 Å². The maximum atomic E-state index is 5.81. The minimum absolute atomic E-state index is 0.143. The summed E-state index contributed by atoms with van der Waals surface area (Å²) in [6, 6.07) is 0.309. The van der Waals surface area contributed by atoms with Crippen molar-refractivity contribution in [1.82, 2.24) is 10.3 Å². The van der Waals surface area contributed by atoms with E-state index in [1.54, 1.807) is 0 Å². The van der Waals surface area contributed by atoms with Crippen LogP contribution in [0, 0.1) is 0 Å². The molecule has 2 saturated heterocycles. The number of hydrogen-bond donors (Lipinski definition) is 1. The number of ether oxygens (including phenoxy) is 1. The van der Waals surface area contributed by atoms with Crippen molar-refractivity contribution in [2.75, 3.05) is 13.2 Å². The van der Waals surface area contributed by atoms with E-state index in [1.165, 1.54) is 12.8 Å². The fourth-order valence-electron chi connectivity index (χ4n) is 2.48. The van der Waals surface area contributed by atoms with Gasteiger partial charge in [-0.15, -0.1) is 0 Å². The summed E-state index contributed by atoms with van der Waals surface area (Å²) in [7, 11) is 0. The van der Waals surface area contributed by atoms with Crippen LogP contribution in [-0.4, -0.2) is 18.1 Å². The van der Waals surface area contributed by atoms with Gasteiger partial charge in [-0.1, -0.05) is 6.42 Å². The van der Waals surface area contributed by atoms with Gasteiger partial charge in [0, 0.05) is 6.61 Å². The maximum absolute atomic E-state index is 5.81. The molecule has 16 heavy (non-hydrogen) atoms. The molecule has 2 aliphatic heterocycles. The smallest absolute Gasteiger partial charge is 0.211 e. The van der Waals surface area contributed by atoms with Crippen LogP contribution >= 0.6 is 0 Å². The third kappa shape index (κ3) is 1.99. The Balaban J connectivity index is 1.71. The van der Waals surface area contributed by atoms with Crippen molar-refractivity contribution in [3.05, 3.63) is 17.8 Å². The van der Waals surface area contributed by atoms with Crippen LogP contribution in [0.4, 0.5) is 0 Å². The maximum Gasteiger partial charge on any atom is 0.211 e. The number of aromatic nitrogens is 1. The molecule has 2 fully saturated rings. The lowest BCUT2D eigenvalue weighted by Crippen LogP contribution is -2.26. The molecule has 0 radical (unpaired) electrons. The minimum atomic E-state index is 0.143. The van der Waals surface area contributed by atoms with Crippen LogP contribution in [0.5, 0.6) is 0 Å². The summed E-state index contributed by atoms with van der Waals surface area (Å²) in [5.74, 6) is 1.74. The van der Waals surface area contributed by atoms with Gasteiger partial charge in [0.05, 0.1) is 12.2 Å². The summed E-state index contributed by atoms with van der Waals surface area (Å²) in [5.41, 5.74) is 0. The molecule has 0 spiro atoms. The lowest BCUT2D eigenvalue weighted by Gasteiger charge is -2.20. The minimum Gasteiger partial charge on any atom is -0.441 e. The van der Waals surface area contributed by atoms with E-state index in [0.29, 0.717) is 6.04 Å². The Bertz CT molecular complexity index is 339. The fraction of sp³-hybridized carbons (Fsp3) is 0.750. The van der Waals surface area contributed by atoms with Gasteiger partial charge in [-0.25, -0.2) is 4.98 Å². The zero-order valence-electron chi connectivity index (χ0n) is 9.45. The molecule has 88 valence electrons. The summed E-state index contributed by atoms with van der Waals surface area (Å²) in [5, 5.41) is 3.44. The molecule has 3 heterocycles. The average molecular weight is 222 g/mol. The van der Waals surface area contributed by atoms with Crippen molar-refractivity contribution < 1.29 is 9.15 Å². The molecular weight excluding hydrogens is 204 g/mol. The topological polar surface area (TPSA) is 47.3 Å². The largest absolute Gasteiger partial charge is 0.441 e. The Kier molecular flexibility index (Phi) is 2.93. The number of nitrogens with one attached hydrogen (secondary N) is 1. The first-order valence-corrected chi connectivity index (χ1v) is 6.24. The molecule has 4 nitrogen and oxygen atoms in total. The number of hydrogen-bond acceptors (Lipinski definition) is 4. The number of rotatable bonds is 2. The summed E-state index contributed by atoms with van der Waals surface area (Å²) in [6.45, 7) is 1.92. The predicted octanol–water partition coefficient (Wildman–Crippen LogP) is 2.34. The van der Waals surface area contributed by atoms with Gasteiger partial charge in [0.25, 0.3) is 0 Å². The third-order valence-electron chi connectivity index (χ3n) is 3.40. The first-order chi connectivity index (χ1) is 7.93. The molecule has 0 amide bonds. The first kappa shape index (κ1) is 10.3. The highest BCUT2D eigenvalue weighted by Crippen LogP contribution is 2.31. The molecule has 1 N–H and O–H groups in total. The Morgan fingerprint density at radius 2 is 2.25 bits per heavy atom. The predicted molar refractivity (Wildman–Crippen MR) is 59.0 cm³/mol. The van der Waals surface area contributed by atoms with Crippen molar-refractivity contribution in [3.8, 4) is 0 Å². The highest BCUT2D eigenvalue weighted by molar-refractivity contribution is 5.03. The molecule has 1 aromatic heterocycles. The second-order valence-electron chi connectivity index (χ2n) is 4.61. The summed E-state index contributed by atoms with van der Waals surface area (Å²) in [6.07, 6.45) is 7.82. The molecule has 2 unspecified atom stereocenters. The Morgan fingerprint density at radius 1 is 1.25 bits per heavy atom. The average Bonchev–Trinajstić information content (AvgIpc) is 3.01. The van der Waals surface area contributed by atoms with E-state index in [4.69, 9.17) is 9.15 Å². The fourth-order valence-corrected chi connectivity index (χ4v) is 2.48. The molecule has 2 atom stereocenters. The van der Waals surface area contributed by atoms with Crippen LogP contribution in [-0.2, 0) is 4.74 Å². The van der Waals surface area contributed by atoms with Gasteiger partial charge >= 0.3 is 0 Å². The van der Waals surface area contributed by atoms with Gasteiger partial charge in [0.1, 0.15) is 6.10 Å². The number of piperidine rings is 1. The normalized spacial score (nSPS) is 30.8. The lowest BCUT2D eigenvalue weighted by molar-refractivity contribution is 0.0914. The van der Waals surface area contributed by atoms with Crippen LogP contribution in [0.2, 0.25) is 0 Å².